The summed E-state index contributed by atoms with van der Waals surface area (Å²) < 4.78 is 45.6. The van der Waals surface area contributed by atoms with E-state index in [9.17, 15) is 18.0 Å². The van der Waals surface area contributed by atoms with Crippen LogP contribution < -0.4 is 0 Å². The van der Waals surface area contributed by atoms with Crippen LogP contribution >= 0.6 is 0 Å². The molecule has 6 nitrogen and oxygen atoms in total. The minimum absolute atomic E-state index is 0.000973. The number of halogens is 3. The number of carbonyl (C=O) groups excluding carboxylic acids is 1. The maximum atomic E-state index is 13.4. The minimum Gasteiger partial charge on any atom is -0.379 e. The molecule has 1 aromatic heterocycles. The minimum atomic E-state index is -4.41. The number of benzene rings is 2. The van der Waals surface area contributed by atoms with E-state index in [0.29, 0.717) is 49.4 Å². The Labute approximate surface area is 195 Å². The Bertz CT molecular complexity index is 1180. The Hall–Kier alpha value is -3.04. The Kier molecular flexibility index (Phi) is 6.22. The van der Waals surface area contributed by atoms with Crippen LogP contribution in [0.1, 0.15) is 27.5 Å². The number of alkyl halides is 3. The van der Waals surface area contributed by atoms with Crippen LogP contribution in [0.25, 0.3) is 11.0 Å². The van der Waals surface area contributed by atoms with Crippen molar-refractivity contribution < 1.29 is 22.7 Å². The van der Waals surface area contributed by atoms with Crippen molar-refractivity contribution in [2.45, 2.75) is 12.1 Å². The largest absolute Gasteiger partial charge is 0.416 e. The number of likely N-dealkylation sites (tertiary alicyclic amines) is 1. The molecular formula is C25H25F3N4O2. The second kappa shape index (κ2) is 9.31. The highest BCUT2D eigenvalue weighted by Crippen LogP contribution is 2.37. The molecule has 0 spiro atoms. The summed E-state index contributed by atoms with van der Waals surface area (Å²) >= 11 is 0. The van der Waals surface area contributed by atoms with Crippen LogP contribution in [0.5, 0.6) is 0 Å². The Morgan fingerprint density at radius 1 is 1.03 bits per heavy atom. The first-order chi connectivity index (χ1) is 16.4. The molecule has 178 valence electrons. The highest BCUT2D eigenvalue weighted by Gasteiger charge is 2.39. The van der Waals surface area contributed by atoms with Crippen LogP contribution in [-0.2, 0) is 10.9 Å². The number of para-hydroxylation sites is 2. The molecule has 2 unspecified atom stereocenters. The van der Waals surface area contributed by atoms with E-state index in [1.165, 1.54) is 18.3 Å². The molecule has 2 atom stereocenters. The van der Waals surface area contributed by atoms with Crippen LogP contribution in [0.15, 0.2) is 54.7 Å². The first-order valence-corrected chi connectivity index (χ1v) is 11.4. The number of carbonyl (C=O) groups is 1. The molecule has 3 heterocycles. The van der Waals surface area contributed by atoms with Gasteiger partial charge in [0.05, 0.1) is 36.0 Å². The first-order valence-electron chi connectivity index (χ1n) is 11.4. The monoisotopic (exact) mass is 470 g/mol. The van der Waals surface area contributed by atoms with Crippen LogP contribution in [0, 0.1) is 5.92 Å². The van der Waals surface area contributed by atoms with E-state index in [0.717, 1.165) is 19.2 Å². The van der Waals surface area contributed by atoms with E-state index in [4.69, 9.17) is 4.74 Å². The fourth-order valence-electron chi connectivity index (χ4n) is 4.88. The molecule has 34 heavy (non-hydrogen) atoms. The highest BCUT2D eigenvalue weighted by atomic mass is 19.4. The topological polar surface area (TPSA) is 58.6 Å². The van der Waals surface area contributed by atoms with E-state index in [2.05, 4.69) is 14.9 Å². The van der Waals surface area contributed by atoms with Gasteiger partial charge in [-0.05, 0) is 29.7 Å². The number of hydrogen-bond acceptors (Lipinski definition) is 5. The average Bonchev–Trinajstić information content (AvgIpc) is 3.27. The number of morpholine rings is 1. The van der Waals surface area contributed by atoms with Gasteiger partial charge in [-0.25, -0.2) is 4.98 Å². The van der Waals surface area contributed by atoms with Gasteiger partial charge in [-0.15, -0.1) is 0 Å². The molecule has 0 radical (unpaired) electrons. The van der Waals surface area contributed by atoms with E-state index in [1.807, 2.05) is 18.2 Å². The summed E-state index contributed by atoms with van der Waals surface area (Å²) in [4.78, 5) is 26.1. The zero-order valence-electron chi connectivity index (χ0n) is 18.5. The van der Waals surface area contributed by atoms with Gasteiger partial charge in [0.1, 0.15) is 5.69 Å². The van der Waals surface area contributed by atoms with Crippen LogP contribution in [0.3, 0.4) is 0 Å². The Morgan fingerprint density at radius 3 is 2.56 bits per heavy atom. The van der Waals surface area contributed by atoms with Crippen molar-refractivity contribution in [3.8, 4) is 0 Å². The number of aromatic nitrogens is 2. The zero-order chi connectivity index (χ0) is 23.7. The molecule has 3 aromatic rings. The number of rotatable bonds is 4. The predicted molar refractivity (Wildman–Crippen MR) is 120 cm³/mol. The summed E-state index contributed by atoms with van der Waals surface area (Å²) in [5, 5.41) is 0. The third kappa shape index (κ3) is 4.76. The second-order valence-electron chi connectivity index (χ2n) is 8.86. The number of nitrogens with zero attached hydrogens (tertiary/aromatic N) is 4. The summed E-state index contributed by atoms with van der Waals surface area (Å²) in [6, 6.07) is 12.8. The number of hydrogen-bond donors (Lipinski definition) is 0. The van der Waals surface area contributed by atoms with Crippen LogP contribution in [0.2, 0.25) is 0 Å². The maximum absolute atomic E-state index is 13.4. The van der Waals surface area contributed by atoms with Gasteiger partial charge in [-0.2, -0.15) is 13.2 Å². The zero-order valence-corrected chi connectivity index (χ0v) is 18.5. The number of ether oxygens (including phenoxy) is 1. The Morgan fingerprint density at radius 2 is 1.79 bits per heavy atom. The van der Waals surface area contributed by atoms with E-state index >= 15 is 0 Å². The van der Waals surface area contributed by atoms with E-state index in [-0.39, 0.29) is 23.4 Å². The third-order valence-electron chi connectivity index (χ3n) is 6.63. The fraction of sp³-hybridized carbons (Fsp3) is 0.400. The van der Waals surface area contributed by atoms with Crippen LogP contribution in [-0.4, -0.2) is 71.6 Å². The van der Waals surface area contributed by atoms with Gasteiger partial charge >= 0.3 is 6.18 Å². The van der Waals surface area contributed by atoms with Crippen molar-refractivity contribution in [1.29, 1.82) is 0 Å². The van der Waals surface area contributed by atoms with Crippen molar-refractivity contribution in [2.24, 2.45) is 5.92 Å². The second-order valence-corrected chi connectivity index (χ2v) is 8.86. The lowest BCUT2D eigenvalue weighted by molar-refractivity contribution is -0.137. The molecule has 0 saturated carbocycles. The van der Waals surface area contributed by atoms with Gasteiger partial charge in [0, 0.05) is 38.6 Å². The standard InChI is InChI=1S/C25H25F3N4O2/c26-25(27,28)19-5-3-4-17(12-19)20-16-32(15-18(20)14-31-8-10-34-11-9-31)24(33)23-13-29-21-6-1-2-7-22(21)30-23/h1-7,12-13,18,20H,8-11,14-16H2. The van der Waals surface area contributed by atoms with Gasteiger partial charge in [-0.3, -0.25) is 14.7 Å². The van der Waals surface area contributed by atoms with Gasteiger partial charge < -0.3 is 9.64 Å². The summed E-state index contributed by atoms with van der Waals surface area (Å²) in [5.74, 6) is -0.457. The lowest BCUT2D eigenvalue weighted by Crippen LogP contribution is -2.41. The lowest BCUT2D eigenvalue weighted by Gasteiger charge is -2.31. The van der Waals surface area contributed by atoms with Gasteiger partial charge in [0.25, 0.3) is 5.91 Å². The molecule has 2 fully saturated rings. The van der Waals surface area contributed by atoms with Crippen molar-refractivity contribution in [2.75, 3.05) is 45.9 Å². The van der Waals surface area contributed by atoms with E-state index < -0.39 is 11.7 Å². The number of fused-ring (bicyclic) bond motifs is 1. The van der Waals surface area contributed by atoms with Gasteiger partial charge in [-0.1, -0.05) is 30.3 Å². The number of amides is 1. The molecule has 0 aliphatic carbocycles. The maximum Gasteiger partial charge on any atom is 0.416 e. The highest BCUT2D eigenvalue weighted by molar-refractivity contribution is 5.94. The van der Waals surface area contributed by atoms with Gasteiger partial charge in [0.2, 0.25) is 0 Å². The molecule has 2 aromatic carbocycles. The molecule has 5 rings (SSSR count). The summed E-state index contributed by atoms with van der Waals surface area (Å²) in [6.45, 7) is 4.30. The molecule has 0 bridgehead atoms. The molecule has 0 N–H and O–H groups in total. The average molecular weight is 470 g/mol. The Balaban J connectivity index is 1.42. The van der Waals surface area contributed by atoms with Gasteiger partial charge in [0.15, 0.2) is 0 Å². The normalized spacial score (nSPS) is 21.8. The van der Waals surface area contributed by atoms with Crippen molar-refractivity contribution in [1.82, 2.24) is 19.8 Å². The molecular weight excluding hydrogens is 445 g/mol. The molecule has 2 aliphatic rings. The smallest absolute Gasteiger partial charge is 0.379 e. The molecule has 2 aliphatic heterocycles. The third-order valence-corrected chi connectivity index (χ3v) is 6.63. The predicted octanol–water partition coefficient (Wildman–Crippen LogP) is 3.84. The van der Waals surface area contributed by atoms with Crippen LogP contribution in [0.4, 0.5) is 13.2 Å². The van der Waals surface area contributed by atoms with Crippen molar-refractivity contribution in [3.63, 3.8) is 0 Å². The molecule has 2 saturated heterocycles. The lowest BCUT2D eigenvalue weighted by atomic mass is 9.87. The summed E-state index contributed by atoms with van der Waals surface area (Å²) in [7, 11) is 0. The van der Waals surface area contributed by atoms with Crippen molar-refractivity contribution >= 4 is 16.9 Å². The molecule has 9 heteroatoms. The quantitative estimate of drug-likeness (QED) is 0.580. The van der Waals surface area contributed by atoms with E-state index in [1.54, 1.807) is 17.0 Å². The first kappa shape index (κ1) is 22.7. The summed E-state index contributed by atoms with van der Waals surface area (Å²) in [6.07, 6.45) is -2.94. The molecule has 1 amide bonds. The van der Waals surface area contributed by atoms with Crippen molar-refractivity contribution in [3.05, 3.63) is 71.5 Å². The fourth-order valence-corrected chi connectivity index (χ4v) is 4.88. The summed E-state index contributed by atoms with van der Waals surface area (Å²) in [5.41, 5.74) is 1.51. The SMILES string of the molecule is O=C(c1cnc2ccccc2n1)N1CC(CN2CCOCC2)C(c2cccc(C(F)(F)F)c2)C1.